The van der Waals surface area contributed by atoms with Crippen molar-refractivity contribution in [2.75, 3.05) is 30.8 Å². The number of carbonyl (C=O) groups excluding carboxylic acids is 7. The van der Waals surface area contributed by atoms with Crippen molar-refractivity contribution in [3.63, 3.8) is 0 Å². The van der Waals surface area contributed by atoms with E-state index < -0.39 is 53.2 Å². The largest absolute Gasteiger partial charge is 0.417 e. The summed E-state index contributed by atoms with van der Waals surface area (Å²) in [5, 5.41) is 13.8. The van der Waals surface area contributed by atoms with Crippen LogP contribution in [-0.4, -0.2) is 82.3 Å². The molecule has 0 radical (unpaired) electrons. The fourth-order valence-electron chi connectivity index (χ4n) is 7.37. The van der Waals surface area contributed by atoms with E-state index in [1.807, 2.05) is 0 Å². The lowest BCUT2D eigenvalue weighted by atomic mass is 9.96. The average molecular weight is 849 g/mol. The van der Waals surface area contributed by atoms with E-state index in [1.54, 1.807) is 42.5 Å². The fraction of sp³-hybridized carbons (Fsp3) is 0.250. The van der Waals surface area contributed by atoms with Crippen molar-refractivity contribution in [3.8, 4) is 11.1 Å². The first kappa shape index (κ1) is 42.6. The zero-order valence-electron chi connectivity index (χ0n) is 33.2. The molecule has 0 bridgehead atoms. The Morgan fingerprint density at radius 2 is 1.65 bits per heavy atom. The number of anilines is 3. The number of Topliss-reactive ketones (excluding diaryl/α,β-unsaturated/α-hetero) is 1. The Kier molecular flexibility index (Phi) is 12.4. The lowest BCUT2D eigenvalue weighted by molar-refractivity contribution is -0.137. The minimum Gasteiger partial charge on any atom is -0.377 e. The molecule has 318 valence electrons. The molecule has 0 spiro atoms. The van der Waals surface area contributed by atoms with Crippen LogP contribution >= 0.6 is 0 Å². The number of imide groups is 2. The van der Waals surface area contributed by atoms with E-state index in [0.29, 0.717) is 24.9 Å². The Morgan fingerprint density at radius 3 is 2.35 bits per heavy atom. The summed E-state index contributed by atoms with van der Waals surface area (Å²) in [6, 6.07) is 17.2. The van der Waals surface area contributed by atoms with Crippen molar-refractivity contribution in [3.05, 3.63) is 113 Å². The Bertz CT molecular complexity index is 2620. The van der Waals surface area contributed by atoms with Crippen LogP contribution in [-0.2, 0) is 20.6 Å². The number of aromatic nitrogens is 2. The van der Waals surface area contributed by atoms with E-state index in [1.165, 1.54) is 43.7 Å². The molecular weight excluding hydrogens is 810 g/mol. The molecule has 18 heteroatoms. The van der Waals surface area contributed by atoms with Crippen LogP contribution in [0, 0.1) is 0 Å². The number of nitrogens with one attached hydrogen (secondary N) is 5. The smallest absolute Gasteiger partial charge is 0.377 e. The van der Waals surface area contributed by atoms with Gasteiger partial charge in [-0.15, -0.1) is 0 Å². The molecule has 2 aliphatic heterocycles. The summed E-state index contributed by atoms with van der Waals surface area (Å²) in [6.07, 6.45) is -0.595. The lowest BCUT2D eigenvalue weighted by Gasteiger charge is -2.27. The van der Waals surface area contributed by atoms with Gasteiger partial charge in [-0.3, -0.25) is 53.7 Å². The van der Waals surface area contributed by atoms with Crippen LogP contribution in [0.2, 0.25) is 0 Å². The lowest BCUT2D eigenvalue weighted by Crippen LogP contribution is -2.54. The summed E-state index contributed by atoms with van der Waals surface area (Å²) < 4.78 is 43.4. The van der Waals surface area contributed by atoms with Gasteiger partial charge in [0.1, 0.15) is 11.7 Å². The van der Waals surface area contributed by atoms with Gasteiger partial charge in [0, 0.05) is 61.2 Å². The molecule has 3 aromatic carbocycles. The van der Waals surface area contributed by atoms with Crippen LogP contribution in [0.4, 0.5) is 30.2 Å². The minimum absolute atomic E-state index is 0.00485. The van der Waals surface area contributed by atoms with Crippen LogP contribution in [0.15, 0.2) is 85.2 Å². The van der Waals surface area contributed by atoms with Crippen LogP contribution in [0.3, 0.4) is 0 Å². The van der Waals surface area contributed by atoms with Gasteiger partial charge in [-0.05, 0) is 67.3 Å². The molecule has 4 heterocycles. The molecule has 15 nitrogen and oxygen atoms in total. The van der Waals surface area contributed by atoms with E-state index in [4.69, 9.17) is 0 Å². The Hall–Kier alpha value is -7.50. The monoisotopic (exact) mass is 848 g/mol. The van der Waals surface area contributed by atoms with Crippen molar-refractivity contribution < 1.29 is 46.7 Å². The van der Waals surface area contributed by atoms with Crippen molar-refractivity contribution in [2.24, 2.45) is 0 Å². The number of para-hydroxylation sites is 1. The van der Waals surface area contributed by atoms with Gasteiger partial charge in [0.25, 0.3) is 23.6 Å². The number of amides is 6. The van der Waals surface area contributed by atoms with E-state index in [2.05, 4.69) is 36.6 Å². The quantitative estimate of drug-likeness (QED) is 0.0629. The molecule has 1 fully saturated rings. The molecule has 2 aromatic heterocycles. The molecular formula is C44H39F3N8O7. The predicted octanol–water partition coefficient (Wildman–Crippen LogP) is 5.79. The van der Waals surface area contributed by atoms with E-state index in [9.17, 15) is 46.7 Å². The molecule has 1 saturated heterocycles. The number of benzene rings is 3. The summed E-state index contributed by atoms with van der Waals surface area (Å²) in [4.78, 5) is 98.0. The van der Waals surface area contributed by atoms with Crippen molar-refractivity contribution in [1.82, 2.24) is 30.8 Å². The second-order valence-corrected chi connectivity index (χ2v) is 14.6. The predicted molar refractivity (Wildman–Crippen MR) is 221 cm³/mol. The highest BCUT2D eigenvalue weighted by Crippen LogP contribution is 2.42. The number of hydrogen-bond donors (Lipinski definition) is 5. The van der Waals surface area contributed by atoms with Gasteiger partial charge in [-0.1, -0.05) is 36.8 Å². The molecule has 0 saturated carbocycles. The second kappa shape index (κ2) is 18.0. The number of pyridine rings is 2. The Labute approximate surface area is 351 Å². The first-order chi connectivity index (χ1) is 29.7. The van der Waals surface area contributed by atoms with E-state index >= 15 is 0 Å². The zero-order valence-corrected chi connectivity index (χ0v) is 33.2. The highest BCUT2D eigenvalue weighted by molar-refractivity contribution is 6.25. The molecule has 2 aliphatic rings. The Morgan fingerprint density at radius 1 is 0.855 bits per heavy atom. The number of unbranched alkanes of at least 4 members (excludes halogenated alkanes) is 2. The summed E-state index contributed by atoms with van der Waals surface area (Å²) in [5.41, 5.74) is 0.249. The van der Waals surface area contributed by atoms with Gasteiger partial charge in [-0.25, -0.2) is 0 Å². The third-order valence-electron chi connectivity index (χ3n) is 10.5. The number of carbonyl (C=O) groups is 7. The van der Waals surface area contributed by atoms with Crippen LogP contribution in [0.5, 0.6) is 0 Å². The van der Waals surface area contributed by atoms with Gasteiger partial charge in [0.15, 0.2) is 5.78 Å². The number of piperidine rings is 1. The molecule has 6 amide bonds. The molecule has 1 unspecified atom stereocenters. The van der Waals surface area contributed by atoms with Crippen LogP contribution < -0.4 is 26.6 Å². The highest BCUT2D eigenvalue weighted by atomic mass is 19.4. The number of halogens is 3. The van der Waals surface area contributed by atoms with Crippen LogP contribution in [0.25, 0.3) is 22.0 Å². The van der Waals surface area contributed by atoms with Crippen molar-refractivity contribution >= 4 is 69.2 Å². The Balaban J connectivity index is 0.930. The minimum atomic E-state index is -4.78. The zero-order chi connectivity index (χ0) is 44.1. The number of fused-ring (bicyclic) bond motifs is 2. The van der Waals surface area contributed by atoms with Gasteiger partial charge in [-0.2, -0.15) is 13.2 Å². The third-order valence-corrected chi connectivity index (χ3v) is 10.5. The molecule has 7 rings (SSSR count). The maximum atomic E-state index is 14.5. The molecule has 5 N–H and O–H groups in total. The first-order valence-corrected chi connectivity index (χ1v) is 19.7. The molecule has 5 aromatic rings. The van der Waals surface area contributed by atoms with Crippen LogP contribution in [0.1, 0.15) is 85.7 Å². The highest BCUT2D eigenvalue weighted by Gasteiger charge is 2.45. The number of nitrogens with zero attached hydrogens (tertiary/aromatic N) is 3. The number of alkyl halides is 3. The molecule has 0 aliphatic carbocycles. The summed E-state index contributed by atoms with van der Waals surface area (Å²) in [7, 11) is 1.43. The topological polar surface area (TPSA) is 209 Å². The average Bonchev–Trinajstić information content (AvgIpc) is 3.52. The van der Waals surface area contributed by atoms with Crippen molar-refractivity contribution in [1.29, 1.82) is 0 Å². The maximum absolute atomic E-state index is 14.5. The number of rotatable bonds is 15. The summed E-state index contributed by atoms with van der Waals surface area (Å²) in [5.74, 6) is -3.74. The third kappa shape index (κ3) is 8.98. The van der Waals surface area contributed by atoms with E-state index in [-0.39, 0.29) is 93.9 Å². The van der Waals surface area contributed by atoms with Gasteiger partial charge < -0.3 is 21.3 Å². The maximum Gasteiger partial charge on any atom is 0.417 e. The first-order valence-electron chi connectivity index (χ1n) is 19.7. The standard InChI is InChI=1S/C44H39F3N8O7/c1-48-39(58)30-23-52-34-20-31(44(45,46)47)28(19-29(34)38(30)53-25-9-4-2-5-10-25)24-14-15-33(50-21-24)40(59)49-18-7-3-6-11-26(56)22-51-32-13-8-12-27-37(32)43(62)55(42(27)61)35-16-17-36(57)54-41(35)60/h2,4-5,8-10,12-15,19-21,23,35,51H,3,6-7,11,16-18,22H2,1H3,(H,48,58)(H,49,59)(H,52,53)(H,54,57,60). The van der Waals surface area contributed by atoms with Gasteiger partial charge >= 0.3 is 6.18 Å². The normalized spacial score (nSPS) is 15.0. The number of hydrogen-bond acceptors (Lipinski definition) is 11. The second-order valence-electron chi connectivity index (χ2n) is 14.6. The summed E-state index contributed by atoms with van der Waals surface area (Å²) in [6.45, 7) is 0.115. The molecule has 1 atom stereocenters. The van der Waals surface area contributed by atoms with Gasteiger partial charge in [0.2, 0.25) is 11.8 Å². The fourth-order valence-corrected chi connectivity index (χ4v) is 7.37. The van der Waals surface area contributed by atoms with Crippen molar-refractivity contribution in [2.45, 2.75) is 50.7 Å². The SMILES string of the molecule is CNC(=O)c1cnc2cc(C(F)(F)F)c(-c3ccc(C(=O)NCCCCCC(=O)CNc4cccc5c4C(=O)N(C4CCC(=O)NC4=O)C5=O)nc3)cc2c1Nc1ccccc1. The molecule has 62 heavy (non-hydrogen) atoms. The number of ketones is 1. The summed E-state index contributed by atoms with van der Waals surface area (Å²) >= 11 is 0. The van der Waals surface area contributed by atoms with E-state index in [0.717, 1.165) is 11.0 Å². The van der Waals surface area contributed by atoms with Gasteiger partial charge in [0.05, 0.1) is 40.0 Å².